The van der Waals surface area contributed by atoms with Gasteiger partial charge in [-0.1, -0.05) is 0 Å². The van der Waals surface area contributed by atoms with Crippen molar-refractivity contribution >= 4 is 28.3 Å². The second-order valence-corrected chi connectivity index (χ2v) is 6.84. The number of aryl methyl sites for hydroxylation is 2. The van der Waals surface area contributed by atoms with E-state index in [9.17, 15) is 14.4 Å². The lowest BCUT2D eigenvalue weighted by atomic mass is 10.1. The first-order valence-corrected chi connectivity index (χ1v) is 9.36. The van der Waals surface area contributed by atoms with Crippen LogP contribution in [0.15, 0.2) is 29.6 Å². The van der Waals surface area contributed by atoms with Gasteiger partial charge >= 0.3 is 6.03 Å². The molecule has 3 rings (SSSR count). The maximum absolute atomic E-state index is 13.1. The van der Waals surface area contributed by atoms with Crippen LogP contribution in [-0.4, -0.2) is 27.3 Å². The number of nitrogen functional groups attached to an aromatic ring is 1. The Morgan fingerprint density at radius 1 is 1.39 bits per heavy atom. The number of carbonyl (C=O) groups excluding carboxylic acids is 1. The SMILES string of the molecule is Cc1csc(NC(=O)NCCCc2nn(-c3ccc(F)cc3)c(N)c2C#N)n1. The van der Waals surface area contributed by atoms with Crippen LogP contribution in [0.1, 0.15) is 23.4 Å². The van der Waals surface area contributed by atoms with Gasteiger partial charge in [-0.05, 0) is 44.0 Å². The molecule has 1 aromatic carbocycles. The van der Waals surface area contributed by atoms with Gasteiger partial charge in [0.15, 0.2) is 5.13 Å². The summed E-state index contributed by atoms with van der Waals surface area (Å²) in [6.07, 6.45) is 1.02. The Labute approximate surface area is 164 Å². The van der Waals surface area contributed by atoms with Crippen LogP contribution in [0.5, 0.6) is 0 Å². The van der Waals surface area contributed by atoms with Crippen molar-refractivity contribution in [3.8, 4) is 11.8 Å². The third kappa shape index (κ3) is 4.44. The number of nitriles is 1. The topological polar surface area (TPSA) is 122 Å². The summed E-state index contributed by atoms with van der Waals surface area (Å²) in [5.74, 6) is -0.165. The molecule has 144 valence electrons. The number of nitrogens with one attached hydrogen (secondary N) is 2. The molecule has 8 nitrogen and oxygen atoms in total. The number of thiazole rings is 1. The van der Waals surface area contributed by atoms with Crippen molar-refractivity contribution in [2.24, 2.45) is 0 Å². The van der Waals surface area contributed by atoms with Crippen LogP contribution in [0.2, 0.25) is 0 Å². The number of hydrogen-bond acceptors (Lipinski definition) is 6. The summed E-state index contributed by atoms with van der Waals surface area (Å²) in [6.45, 7) is 2.24. The number of carbonyl (C=O) groups is 1. The highest BCUT2D eigenvalue weighted by atomic mass is 32.1. The summed E-state index contributed by atoms with van der Waals surface area (Å²) in [4.78, 5) is 16.0. The van der Waals surface area contributed by atoms with Gasteiger partial charge in [0, 0.05) is 11.9 Å². The second-order valence-electron chi connectivity index (χ2n) is 5.99. The molecule has 0 fully saturated rings. The zero-order valence-corrected chi connectivity index (χ0v) is 15.9. The molecule has 0 atom stereocenters. The molecule has 0 radical (unpaired) electrons. The van der Waals surface area contributed by atoms with E-state index in [4.69, 9.17) is 5.73 Å². The molecule has 3 aromatic rings. The minimum atomic E-state index is -0.368. The highest BCUT2D eigenvalue weighted by Crippen LogP contribution is 2.21. The standard InChI is InChI=1S/C18H18FN7OS/c1-11-10-28-18(23-11)24-17(27)22-8-2-3-15-14(9-20)16(21)26(25-15)13-6-4-12(19)5-7-13/h4-7,10H,2-3,8,21H2,1H3,(H2,22,23,24,27). The predicted octanol–water partition coefficient (Wildman–Crippen LogP) is 2.98. The molecule has 2 amide bonds. The van der Waals surface area contributed by atoms with Crippen molar-refractivity contribution in [1.82, 2.24) is 20.1 Å². The van der Waals surface area contributed by atoms with Gasteiger partial charge in [0.25, 0.3) is 0 Å². The maximum Gasteiger partial charge on any atom is 0.321 e. The van der Waals surface area contributed by atoms with Gasteiger partial charge in [0.05, 0.1) is 17.1 Å². The minimum absolute atomic E-state index is 0.203. The first kappa shape index (κ1) is 19.3. The zero-order valence-electron chi connectivity index (χ0n) is 15.1. The van der Waals surface area contributed by atoms with E-state index in [2.05, 4.69) is 26.8 Å². The van der Waals surface area contributed by atoms with Gasteiger partial charge in [0.1, 0.15) is 23.3 Å². The lowest BCUT2D eigenvalue weighted by Crippen LogP contribution is -2.29. The smallest absolute Gasteiger partial charge is 0.321 e. The van der Waals surface area contributed by atoms with Crippen LogP contribution in [-0.2, 0) is 6.42 Å². The highest BCUT2D eigenvalue weighted by Gasteiger charge is 2.16. The Bertz CT molecular complexity index is 1020. The van der Waals surface area contributed by atoms with Gasteiger partial charge in [0.2, 0.25) is 0 Å². The number of nitrogens with two attached hydrogens (primary N) is 1. The van der Waals surface area contributed by atoms with Crippen molar-refractivity contribution in [3.05, 3.63) is 52.4 Å². The lowest BCUT2D eigenvalue weighted by Gasteiger charge is -2.04. The van der Waals surface area contributed by atoms with Gasteiger partial charge in [-0.2, -0.15) is 10.4 Å². The molecule has 4 N–H and O–H groups in total. The predicted molar refractivity (Wildman–Crippen MR) is 105 cm³/mol. The maximum atomic E-state index is 13.1. The van der Waals surface area contributed by atoms with Crippen LogP contribution in [0.4, 0.5) is 20.1 Å². The molecule has 0 bridgehead atoms. The molecule has 0 unspecified atom stereocenters. The third-order valence-electron chi connectivity index (χ3n) is 3.89. The Kier molecular flexibility index (Phi) is 5.86. The molecule has 0 aliphatic carbocycles. The van der Waals surface area contributed by atoms with Crippen LogP contribution < -0.4 is 16.4 Å². The summed E-state index contributed by atoms with van der Waals surface area (Å²) < 4.78 is 14.5. The van der Waals surface area contributed by atoms with E-state index in [1.54, 1.807) is 0 Å². The van der Waals surface area contributed by atoms with Crippen molar-refractivity contribution in [2.45, 2.75) is 19.8 Å². The Balaban J connectivity index is 1.58. The quantitative estimate of drug-likeness (QED) is 0.550. The van der Waals surface area contributed by atoms with Gasteiger partial charge < -0.3 is 11.1 Å². The minimum Gasteiger partial charge on any atom is -0.382 e. The summed E-state index contributed by atoms with van der Waals surface area (Å²) in [5, 5.41) is 21.5. The molecular formula is C18H18FN7OS. The fraction of sp³-hybridized carbons (Fsp3) is 0.222. The number of urea groups is 1. The summed E-state index contributed by atoms with van der Waals surface area (Å²) in [7, 11) is 0. The average molecular weight is 399 g/mol. The van der Waals surface area contributed by atoms with Gasteiger partial charge in [-0.3, -0.25) is 5.32 Å². The molecule has 0 saturated heterocycles. The number of hydrogen-bond donors (Lipinski definition) is 3. The summed E-state index contributed by atoms with van der Waals surface area (Å²) >= 11 is 1.35. The van der Waals surface area contributed by atoms with E-state index >= 15 is 0 Å². The van der Waals surface area contributed by atoms with Gasteiger partial charge in [-0.25, -0.2) is 18.9 Å². The third-order valence-corrected chi connectivity index (χ3v) is 4.77. The zero-order chi connectivity index (χ0) is 20.1. The van der Waals surface area contributed by atoms with Crippen molar-refractivity contribution in [3.63, 3.8) is 0 Å². The fourth-order valence-corrected chi connectivity index (χ4v) is 3.25. The largest absolute Gasteiger partial charge is 0.382 e. The number of nitrogens with zero attached hydrogens (tertiary/aromatic N) is 4. The number of amides is 2. The molecule has 2 heterocycles. The second kappa shape index (κ2) is 8.49. The van der Waals surface area contributed by atoms with Crippen molar-refractivity contribution in [1.29, 1.82) is 5.26 Å². The first-order chi connectivity index (χ1) is 13.5. The first-order valence-electron chi connectivity index (χ1n) is 8.48. The number of rotatable bonds is 6. The number of halogens is 1. The van der Waals surface area contributed by atoms with Crippen LogP contribution in [0, 0.1) is 24.1 Å². The Hall–Kier alpha value is -3.45. The van der Waals surface area contributed by atoms with Crippen LogP contribution in [0.25, 0.3) is 5.69 Å². The molecule has 0 spiro atoms. The molecule has 0 saturated carbocycles. The van der Waals surface area contributed by atoms with Crippen LogP contribution >= 0.6 is 11.3 Å². The van der Waals surface area contributed by atoms with Crippen molar-refractivity contribution in [2.75, 3.05) is 17.6 Å². The summed E-state index contributed by atoms with van der Waals surface area (Å²) in [5.41, 5.74) is 8.25. The normalized spacial score (nSPS) is 10.5. The Morgan fingerprint density at radius 3 is 2.79 bits per heavy atom. The molecule has 2 aromatic heterocycles. The van der Waals surface area contributed by atoms with E-state index in [0.29, 0.717) is 35.9 Å². The van der Waals surface area contributed by atoms with E-state index < -0.39 is 0 Å². The van der Waals surface area contributed by atoms with Gasteiger partial charge in [-0.15, -0.1) is 11.3 Å². The lowest BCUT2D eigenvalue weighted by molar-refractivity contribution is 0.252. The molecule has 10 heteroatoms. The van der Waals surface area contributed by atoms with E-state index in [1.807, 2.05) is 12.3 Å². The average Bonchev–Trinajstić information content (AvgIpc) is 3.22. The molecular weight excluding hydrogens is 381 g/mol. The fourth-order valence-electron chi connectivity index (χ4n) is 2.56. The van der Waals surface area contributed by atoms with Crippen molar-refractivity contribution < 1.29 is 9.18 Å². The van der Waals surface area contributed by atoms with E-state index in [0.717, 1.165) is 5.69 Å². The number of benzene rings is 1. The summed E-state index contributed by atoms with van der Waals surface area (Å²) in [6, 6.07) is 7.40. The monoisotopic (exact) mass is 399 g/mol. The molecule has 0 aliphatic rings. The van der Waals surface area contributed by atoms with E-state index in [1.165, 1.54) is 40.3 Å². The molecule has 0 aliphatic heterocycles. The Morgan fingerprint density at radius 2 is 2.14 bits per heavy atom. The highest BCUT2D eigenvalue weighted by molar-refractivity contribution is 7.13. The number of aromatic nitrogens is 3. The van der Waals surface area contributed by atoms with E-state index in [-0.39, 0.29) is 23.2 Å². The van der Waals surface area contributed by atoms with Crippen LogP contribution in [0.3, 0.4) is 0 Å². The number of anilines is 2. The molecule has 28 heavy (non-hydrogen) atoms.